The topological polar surface area (TPSA) is 94.2 Å². The maximum Gasteiger partial charge on any atom is 0.264 e. The van der Waals surface area contributed by atoms with Crippen LogP contribution in [0.15, 0.2) is 65.6 Å². The summed E-state index contributed by atoms with van der Waals surface area (Å²) in [5.74, 6) is 1.02. The number of ether oxygens (including phenoxy) is 3. The molecule has 1 amide bonds. The largest absolute Gasteiger partial charge is 0.495 e. The van der Waals surface area contributed by atoms with E-state index in [-0.39, 0.29) is 10.5 Å². The number of aryl methyl sites for hydroxylation is 1. The Kier molecular flexibility index (Phi) is 8.24. The molecule has 3 aromatic carbocycles. The van der Waals surface area contributed by atoms with Gasteiger partial charge in [-0.15, -0.1) is 0 Å². The molecule has 0 bridgehead atoms. The zero-order valence-corrected chi connectivity index (χ0v) is 21.3. The molecule has 0 saturated heterocycles. The summed E-state index contributed by atoms with van der Waals surface area (Å²) in [5.41, 5.74) is 1.67. The number of nitrogens with zero attached hydrogens (tertiary/aromatic N) is 1. The number of hydrogen-bond donors (Lipinski definition) is 1. The van der Waals surface area contributed by atoms with E-state index < -0.39 is 15.9 Å². The SMILES string of the molecule is CCOc1ccc(OCC)c(NC(=O)c2cc(S(=O)(=O)N(C)c3ccccc3OC)ccc2C)c1. The minimum Gasteiger partial charge on any atom is -0.495 e. The summed E-state index contributed by atoms with van der Waals surface area (Å²) in [5, 5.41) is 2.84. The van der Waals surface area contributed by atoms with Gasteiger partial charge < -0.3 is 19.5 Å². The number of hydrogen-bond acceptors (Lipinski definition) is 6. The Hall–Kier alpha value is -3.72. The van der Waals surface area contributed by atoms with E-state index in [0.29, 0.717) is 47.4 Å². The molecular formula is C26H30N2O6S. The van der Waals surface area contributed by atoms with Crippen LogP contribution in [0, 0.1) is 6.92 Å². The lowest BCUT2D eigenvalue weighted by Gasteiger charge is -2.22. The summed E-state index contributed by atoms with van der Waals surface area (Å²) in [6, 6.07) is 16.4. The number of carbonyl (C=O) groups is 1. The Bertz CT molecular complexity index is 1310. The number of sulfonamides is 1. The van der Waals surface area contributed by atoms with E-state index in [2.05, 4.69) is 5.32 Å². The van der Waals surface area contributed by atoms with Gasteiger partial charge in [0.05, 0.1) is 36.6 Å². The summed E-state index contributed by atoms with van der Waals surface area (Å²) >= 11 is 0. The van der Waals surface area contributed by atoms with Gasteiger partial charge in [-0.25, -0.2) is 8.42 Å². The van der Waals surface area contributed by atoms with Crippen molar-refractivity contribution in [3.63, 3.8) is 0 Å². The zero-order valence-electron chi connectivity index (χ0n) is 20.5. The van der Waals surface area contributed by atoms with Gasteiger partial charge in [-0.1, -0.05) is 18.2 Å². The van der Waals surface area contributed by atoms with E-state index in [0.717, 1.165) is 4.31 Å². The first-order chi connectivity index (χ1) is 16.7. The molecule has 0 aliphatic rings. The van der Waals surface area contributed by atoms with Gasteiger partial charge in [0.15, 0.2) is 0 Å². The Labute approximate surface area is 206 Å². The van der Waals surface area contributed by atoms with E-state index in [4.69, 9.17) is 14.2 Å². The highest BCUT2D eigenvalue weighted by atomic mass is 32.2. The number of carbonyl (C=O) groups excluding carboxylic acids is 1. The van der Waals surface area contributed by atoms with E-state index >= 15 is 0 Å². The summed E-state index contributed by atoms with van der Waals surface area (Å²) in [7, 11) is -1.05. The van der Waals surface area contributed by atoms with Crippen molar-refractivity contribution in [2.24, 2.45) is 0 Å². The van der Waals surface area contributed by atoms with Crippen LogP contribution in [-0.2, 0) is 10.0 Å². The number of benzene rings is 3. The fraction of sp³-hybridized carbons (Fsp3) is 0.269. The first-order valence-electron chi connectivity index (χ1n) is 11.2. The van der Waals surface area contributed by atoms with Crippen molar-refractivity contribution < 1.29 is 27.4 Å². The lowest BCUT2D eigenvalue weighted by Crippen LogP contribution is -2.27. The maximum absolute atomic E-state index is 13.4. The van der Waals surface area contributed by atoms with Gasteiger partial charge in [-0.05, 0) is 62.7 Å². The predicted molar refractivity (Wildman–Crippen MR) is 136 cm³/mol. The van der Waals surface area contributed by atoms with Gasteiger partial charge in [-0.2, -0.15) is 0 Å². The lowest BCUT2D eigenvalue weighted by molar-refractivity contribution is 0.102. The predicted octanol–water partition coefficient (Wildman–Crippen LogP) is 4.88. The molecule has 9 heteroatoms. The van der Waals surface area contributed by atoms with Crippen LogP contribution < -0.4 is 23.8 Å². The van der Waals surface area contributed by atoms with Crippen LogP contribution in [0.2, 0.25) is 0 Å². The zero-order chi connectivity index (χ0) is 25.6. The summed E-state index contributed by atoms with van der Waals surface area (Å²) in [6.07, 6.45) is 0. The molecule has 0 heterocycles. The second-order valence-electron chi connectivity index (χ2n) is 7.60. The van der Waals surface area contributed by atoms with Gasteiger partial charge in [0, 0.05) is 18.7 Å². The Morgan fingerprint density at radius 1 is 0.943 bits per heavy atom. The fourth-order valence-corrected chi connectivity index (χ4v) is 4.75. The van der Waals surface area contributed by atoms with Crippen molar-refractivity contribution in [1.82, 2.24) is 0 Å². The van der Waals surface area contributed by atoms with Crippen LogP contribution in [0.1, 0.15) is 29.8 Å². The number of methoxy groups -OCH3 is 1. The van der Waals surface area contributed by atoms with E-state index in [1.165, 1.54) is 26.3 Å². The van der Waals surface area contributed by atoms with Crippen LogP contribution in [0.25, 0.3) is 0 Å². The molecule has 1 N–H and O–H groups in total. The molecule has 0 aliphatic heterocycles. The molecule has 0 saturated carbocycles. The van der Waals surface area contributed by atoms with E-state index in [9.17, 15) is 13.2 Å². The number of para-hydroxylation sites is 2. The van der Waals surface area contributed by atoms with Crippen molar-refractivity contribution >= 4 is 27.3 Å². The normalized spacial score (nSPS) is 11.0. The average Bonchev–Trinajstić information content (AvgIpc) is 2.85. The standard InChI is InChI=1S/C26H30N2O6S/c1-6-33-19-13-15-24(34-7-2)22(16-19)27-26(29)21-17-20(14-12-18(21)3)35(30,31)28(4)23-10-8-9-11-25(23)32-5/h8-17H,6-7H2,1-5H3,(H,27,29). The molecule has 35 heavy (non-hydrogen) atoms. The van der Waals surface area contributed by atoms with Gasteiger partial charge in [-0.3, -0.25) is 9.10 Å². The molecule has 186 valence electrons. The summed E-state index contributed by atoms with van der Waals surface area (Å²) < 4.78 is 44.4. The number of rotatable bonds is 10. The van der Waals surface area contributed by atoms with Crippen LogP contribution in [0.3, 0.4) is 0 Å². The Morgan fingerprint density at radius 2 is 1.66 bits per heavy atom. The molecule has 0 unspecified atom stereocenters. The molecule has 0 aromatic heterocycles. The highest BCUT2D eigenvalue weighted by Crippen LogP contribution is 2.33. The monoisotopic (exact) mass is 498 g/mol. The maximum atomic E-state index is 13.4. The average molecular weight is 499 g/mol. The third kappa shape index (κ3) is 5.68. The quantitative estimate of drug-likeness (QED) is 0.428. The summed E-state index contributed by atoms with van der Waals surface area (Å²) in [6.45, 7) is 6.35. The van der Waals surface area contributed by atoms with Gasteiger partial charge >= 0.3 is 0 Å². The van der Waals surface area contributed by atoms with E-state index in [1.807, 2.05) is 13.8 Å². The number of amides is 1. The molecule has 0 spiro atoms. The molecule has 0 aliphatic carbocycles. The summed E-state index contributed by atoms with van der Waals surface area (Å²) in [4.78, 5) is 13.2. The van der Waals surface area contributed by atoms with Crippen molar-refractivity contribution in [3.8, 4) is 17.2 Å². The second kappa shape index (κ2) is 11.1. The van der Waals surface area contributed by atoms with Crippen molar-refractivity contribution in [2.75, 3.05) is 37.0 Å². The Balaban J connectivity index is 1.96. The molecule has 3 aromatic rings. The Morgan fingerprint density at radius 3 is 2.34 bits per heavy atom. The van der Waals surface area contributed by atoms with Crippen LogP contribution in [0.4, 0.5) is 11.4 Å². The van der Waals surface area contributed by atoms with E-state index in [1.54, 1.807) is 55.5 Å². The van der Waals surface area contributed by atoms with Crippen LogP contribution in [0.5, 0.6) is 17.2 Å². The molecule has 3 rings (SSSR count). The third-order valence-corrected chi connectivity index (χ3v) is 7.11. The fourth-order valence-electron chi connectivity index (χ4n) is 3.52. The highest BCUT2D eigenvalue weighted by molar-refractivity contribution is 7.92. The van der Waals surface area contributed by atoms with Crippen LogP contribution >= 0.6 is 0 Å². The second-order valence-corrected chi connectivity index (χ2v) is 9.57. The smallest absolute Gasteiger partial charge is 0.264 e. The minimum absolute atomic E-state index is 0.0187. The van der Waals surface area contributed by atoms with Gasteiger partial charge in [0.2, 0.25) is 0 Å². The first-order valence-corrected chi connectivity index (χ1v) is 12.6. The molecular weight excluding hydrogens is 468 g/mol. The third-order valence-electron chi connectivity index (χ3n) is 5.35. The van der Waals surface area contributed by atoms with Crippen molar-refractivity contribution in [3.05, 3.63) is 71.8 Å². The van der Waals surface area contributed by atoms with Gasteiger partial charge in [0.1, 0.15) is 17.2 Å². The number of anilines is 2. The minimum atomic E-state index is -3.97. The first kappa shape index (κ1) is 25.9. The molecule has 0 fully saturated rings. The lowest BCUT2D eigenvalue weighted by atomic mass is 10.1. The van der Waals surface area contributed by atoms with Gasteiger partial charge in [0.25, 0.3) is 15.9 Å². The van der Waals surface area contributed by atoms with Crippen LogP contribution in [-0.4, -0.2) is 41.7 Å². The highest BCUT2D eigenvalue weighted by Gasteiger charge is 2.25. The molecule has 0 radical (unpaired) electrons. The molecule has 8 nitrogen and oxygen atoms in total. The molecule has 0 atom stereocenters. The number of nitrogens with one attached hydrogen (secondary N) is 1. The van der Waals surface area contributed by atoms with Crippen molar-refractivity contribution in [1.29, 1.82) is 0 Å². The van der Waals surface area contributed by atoms with Crippen molar-refractivity contribution in [2.45, 2.75) is 25.7 Å².